The normalized spacial score (nSPS) is 15.1. The number of halogens is 4. The van der Waals surface area contributed by atoms with Crippen molar-refractivity contribution >= 4 is 39.5 Å². The Hall–Kier alpha value is -2.17. The van der Waals surface area contributed by atoms with E-state index < -0.39 is 27.5 Å². The first kappa shape index (κ1) is 22.1. The highest BCUT2D eigenvalue weighted by molar-refractivity contribution is 7.89. The quantitative estimate of drug-likeness (QED) is 0.569. The van der Waals surface area contributed by atoms with Crippen molar-refractivity contribution in [1.82, 2.24) is 0 Å². The van der Waals surface area contributed by atoms with Gasteiger partial charge in [-0.05, 0) is 36.8 Å². The Kier molecular flexibility index (Phi) is 6.68. The summed E-state index contributed by atoms with van der Waals surface area (Å²) in [6, 6.07) is 6.36. The topological polar surface area (TPSA) is 92.7 Å². The molecule has 154 valence electrons. The zero-order valence-corrected chi connectivity index (χ0v) is 16.4. The van der Waals surface area contributed by atoms with Crippen molar-refractivity contribution in [2.45, 2.75) is 11.3 Å². The highest BCUT2D eigenvalue weighted by Gasteiger charge is 2.22. The van der Waals surface area contributed by atoms with E-state index in [0.717, 1.165) is 6.07 Å². The maximum atomic E-state index is 14.1. The lowest BCUT2D eigenvalue weighted by atomic mass is 10.2. The molecule has 0 atom stereocenters. The first-order valence-electron chi connectivity index (χ1n) is 8.24. The van der Waals surface area contributed by atoms with Crippen molar-refractivity contribution in [3.8, 4) is 0 Å². The van der Waals surface area contributed by atoms with Gasteiger partial charge in [0.05, 0.1) is 22.0 Å². The number of anilines is 3. The molecule has 0 unspecified atom stereocenters. The first-order valence-corrected chi connectivity index (χ1v) is 9.79. The second-order valence-electron chi connectivity index (χ2n) is 6.29. The minimum Gasteiger partial charge on any atom is -0.397 e. The number of primary sulfonamides is 1. The predicted octanol–water partition coefficient (Wildman–Crippen LogP) is 2.47. The second-order valence-corrected chi connectivity index (χ2v) is 7.85. The number of sulfonamides is 1. The lowest BCUT2D eigenvalue weighted by Crippen LogP contribution is -2.31. The molecule has 0 spiro atoms. The molecule has 0 aromatic heterocycles. The molecule has 1 saturated heterocycles. The van der Waals surface area contributed by atoms with E-state index in [1.54, 1.807) is 11.0 Å². The summed E-state index contributed by atoms with van der Waals surface area (Å²) in [6.07, 6.45) is 0.620. The summed E-state index contributed by atoms with van der Waals surface area (Å²) in [4.78, 5) is 3.50. The highest BCUT2D eigenvalue weighted by Crippen LogP contribution is 2.29. The van der Waals surface area contributed by atoms with Gasteiger partial charge in [-0.15, -0.1) is 12.4 Å². The highest BCUT2D eigenvalue weighted by atomic mass is 35.5. The van der Waals surface area contributed by atoms with Crippen LogP contribution in [0, 0.1) is 17.5 Å². The average Bonchev–Trinajstić information content (AvgIpc) is 2.85. The van der Waals surface area contributed by atoms with Crippen LogP contribution in [0.1, 0.15) is 6.42 Å². The van der Waals surface area contributed by atoms with E-state index in [9.17, 15) is 21.6 Å². The number of benzene rings is 2. The van der Waals surface area contributed by atoms with Gasteiger partial charge in [0.15, 0.2) is 17.5 Å². The Balaban J connectivity index is 0.00000280. The molecule has 6 nitrogen and oxygen atoms in total. The van der Waals surface area contributed by atoms with Crippen LogP contribution in [0.3, 0.4) is 0 Å². The van der Waals surface area contributed by atoms with Gasteiger partial charge >= 0.3 is 0 Å². The Morgan fingerprint density at radius 1 is 0.857 bits per heavy atom. The Labute approximate surface area is 167 Å². The molecule has 28 heavy (non-hydrogen) atoms. The summed E-state index contributed by atoms with van der Waals surface area (Å²) in [7, 11) is -3.85. The van der Waals surface area contributed by atoms with Crippen LogP contribution in [0.2, 0.25) is 0 Å². The summed E-state index contributed by atoms with van der Waals surface area (Å²) < 4.78 is 63.6. The molecule has 0 aliphatic carbocycles. The van der Waals surface area contributed by atoms with Crippen molar-refractivity contribution in [1.29, 1.82) is 0 Å². The lowest BCUT2D eigenvalue weighted by Gasteiger charge is -2.26. The van der Waals surface area contributed by atoms with Crippen LogP contribution >= 0.6 is 12.4 Å². The summed E-state index contributed by atoms with van der Waals surface area (Å²) in [5.41, 5.74) is 6.88. The van der Waals surface area contributed by atoms with Gasteiger partial charge in [-0.2, -0.15) is 0 Å². The largest absolute Gasteiger partial charge is 0.397 e. The molecule has 1 aliphatic rings. The first-order chi connectivity index (χ1) is 12.7. The van der Waals surface area contributed by atoms with E-state index in [1.165, 1.54) is 18.2 Å². The Morgan fingerprint density at radius 3 is 2.00 bits per heavy atom. The van der Waals surface area contributed by atoms with E-state index in [2.05, 4.69) is 0 Å². The molecule has 0 amide bonds. The zero-order valence-electron chi connectivity index (χ0n) is 14.7. The fraction of sp³-hybridized carbons (Fsp3) is 0.294. The molecule has 2 aromatic rings. The number of rotatable bonds is 3. The van der Waals surface area contributed by atoms with Gasteiger partial charge in [0.1, 0.15) is 0 Å². The summed E-state index contributed by atoms with van der Waals surface area (Å²) in [5.74, 6) is -3.92. The number of nitrogen functional groups attached to an aromatic ring is 1. The summed E-state index contributed by atoms with van der Waals surface area (Å²) >= 11 is 0. The van der Waals surface area contributed by atoms with Crippen molar-refractivity contribution in [3.05, 3.63) is 47.8 Å². The molecule has 4 N–H and O–H groups in total. The van der Waals surface area contributed by atoms with Crippen molar-refractivity contribution in [3.63, 3.8) is 0 Å². The summed E-state index contributed by atoms with van der Waals surface area (Å²) in [5, 5.41) is 5.10. The van der Waals surface area contributed by atoms with E-state index in [-0.39, 0.29) is 28.7 Å². The Morgan fingerprint density at radius 2 is 1.43 bits per heavy atom. The molecular formula is C17H20ClF3N4O2S. The van der Waals surface area contributed by atoms with Crippen LogP contribution < -0.4 is 20.7 Å². The minimum atomic E-state index is -3.85. The van der Waals surface area contributed by atoms with Crippen molar-refractivity contribution in [2.75, 3.05) is 41.7 Å². The molecule has 1 fully saturated rings. The number of nitrogens with two attached hydrogens (primary N) is 2. The van der Waals surface area contributed by atoms with E-state index in [4.69, 9.17) is 10.9 Å². The SMILES string of the molecule is Cl.Nc1cc(S(N)(=O)=O)ccc1N1CCCN(c2ccc(F)c(F)c2F)CC1. The van der Waals surface area contributed by atoms with Crippen LogP contribution in [0.4, 0.5) is 30.2 Å². The average molecular weight is 437 g/mol. The number of nitrogens with zero attached hydrogens (tertiary/aromatic N) is 2. The predicted molar refractivity (Wildman–Crippen MR) is 105 cm³/mol. The second kappa shape index (κ2) is 8.46. The van der Waals surface area contributed by atoms with Gasteiger partial charge in [0.25, 0.3) is 0 Å². The molecule has 1 heterocycles. The Bertz CT molecular complexity index is 975. The summed E-state index contributed by atoms with van der Waals surface area (Å²) in [6.45, 7) is 1.84. The number of hydrogen-bond donors (Lipinski definition) is 2. The van der Waals surface area contributed by atoms with E-state index in [0.29, 0.717) is 38.3 Å². The molecule has 0 bridgehead atoms. The molecule has 0 radical (unpaired) electrons. The fourth-order valence-corrected chi connectivity index (χ4v) is 3.71. The van der Waals surface area contributed by atoms with Gasteiger partial charge in [-0.1, -0.05) is 0 Å². The van der Waals surface area contributed by atoms with Crippen LogP contribution in [-0.4, -0.2) is 34.6 Å². The molecule has 3 rings (SSSR count). The third-order valence-electron chi connectivity index (χ3n) is 4.52. The van der Waals surface area contributed by atoms with Crippen molar-refractivity contribution < 1.29 is 21.6 Å². The molecular weight excluding hydrogens is 417 g/mol. The van der Waals surface area contributed by atoms with Gasteiger partial charge in [0, 0.05) is 26.2 Å². The van der Waals surface area contributed by atoms with Gasteiger partial charge < -0.3 is 15.5 Å². The third-order valence-corrected chi connectivity index (χ3v) is 5.43. The van der Waals surface area contributed by atoms with Crippen LogP contribution in [0.25, 0.3) is 0 Å². The molecule has 0 saturated carbocycles. The molecule has 2 aromatic carbocycles. The van der Waals surface area contributed by atoms with Crippen LogP contribution in [0.5, 0.6) is 0 Å². The maximum Gasteiger partial charge on any atom is 0.238 e. The number of hydrogen-bond acceptors (Lipinski definition) is 5. The lowest BCUT2D eigenvalue weighted by molar-refractivity contribution is 0.446. The van der Waals surface area contributed by atoms with Gasteiger partial charge in [-0.25, -0.2) is 26.7 Å². The van der Waals surface area contributed by atoms with Crippen molar-refractivity contribution in [2.24, 2.45) is 5.14 Å². The van der Waals surface area contributed by atoms with Gasteiger partial charge in [-0.3, -0.25) is 0 Å². The smallest absolute Gasteiger partial charge is 0.238 e. The van der Waals surface area contributed by atoms with E-state index >= 15 is 0 Å². The fourth-order valence-electron chi connectivity index (χ4n) is 3.16. The zero-order chi connectivity index (χ0) is 19.8. The van der Waals surface area contributed by atoms with Crippen LogP contribution in [-0.2, 0) is 10.0 Å². The third kappa shape index (κ3) is 4.45. The van der Waals surface area contributed by atoms with E-state index in [1.807, 2.05) is 4.90 Å². The van der Waals surface area contributed by atoms with Gasteiger partial charge in [0.2, 0.25) is 10.0 Å². The van der Waals surface area contributed by atoms with Crippen LogP contribution in [0.15, 0.2) is 35.2 Å². The molecule has 1 aliphatic heterocycles. The molecule has 11 heteroatoms. The monoisotopic (exact) mass is 436 g/mol. The maximum absolute atomic E-state index is 14.1. The minimum absolute atomic E-state index is 0. The standard InChI is InChI=1S/C17H19F3N4O2S.ClH/c18-12-3-5-15(17(20)16(12)19)24-7-1-6-23(8-9-24)14-4-2-11(10-13(14)21)27(22,25)26;/h2-5,10H,1,6-9,21H2,(H2,22,25,26);1H.